The number of fused-ring (bicyclic) bond motifs is 1. The van der Waals surface area contributed by atoms with E-state index in [0.717, 1.165) is 43.7 Å². The van der Waals surface area contributed by atoms with Gasteiger partial charge in [0.1, 0.15) is 6.04 Å². The first kappa shape index (κ1) is 27.7. The molecule has 1 N–H and O–H groups in total. The van der Waals surface area contributed by atoms with Gasteiger partial charge < -0.3 is 9.80 Å². The lowest BCUT2D eigenvalue weighted by molar-refractivity contribution is -0.136. The van der Waals surface area contributed by atoms with Crippen LogP contribution in [0.5, 0.6) is 0 Å². The maximum atomic E-state index is 13.5. The molecule has 41 heavy (non-hydrogen) atoms. The Morgan fingerprint density at radius 1 is 0.829 bits per heavy atom. The maximum absolute atomic E-state index is 13.5. The quantitative estimate of drug-likeness (QED) is 0.531. The number of carbonyl (C=O) groups is 5. The Labute approximate surface area is 247 Å². The molecular weight excluding hydrogens is 567 g/mol. The van der Waals surface area contributed by atoms with E-state index in [9.17, 15) is 24.0 Å². The summed E-state index contributed by atoms with van der Waals surface area (Å²) in [5, 5.41) is 3.13. The largest absolute Gasteiger partial charge is 0.371 e. The van der Waals surface area contributed by atoms with Crippen LogP contribution in [0.3, 0.4) is 0 Å². The number of imide groups is 2. The predicted octanol–water partition coefficient (Wildman–Crippen LogP) is 4.16. The van der Waals surface area contributed by atoms with Crippen molar-refractivity contribution in [1.29, 1.82) is 0 Å². The van der Waals surface area contributed by atoms with Gasteiger partial charge in [-0.3, -0.25) is 34.2 Å². The highest BCUT2D eigenvalue weighted by Crippen LogP contribution is 2.38. The molecule has 0 radical (unpaired) electrons. The fourth-order valence-electron chi connectivity index (χ4n) is 6.78. The third-order valence-corrected chi connectivity index (χ3v) is 9.54. The molecule has 0 spiro atoms. The first-order valence-corrected chi connectivity index (χ1v) is 14.8. The molecule has 4 aliphatic rings. The summed E-state index contributed by atoms with van der Waals surface area (Å²) >= 11 is 12.3. The highest BCUT2D eigenvalue weighted by Gasteiger charge is 2.46. The average Bonchev–Trinajstić information content (AvgIpc) is 3.23. The summed E-state index contributed by atoms with van der Waals surface area (Å²) in [4.78, 5) is 68.8. The summed E-state index contributed by atoms with van der Waals surface area (Å²) in [7, 11) is 0. The molecule has 3 saturated heterocycles. The van der Waals surface area contributed by atoms with E-state index in [0.29, 0.717) is 57.3 Å². The van der Waals surface area contributed by atoms with Crippen molar-refractivity contribution in [3.63, 3.8) is 0 Å². The molecule has 6 rings (SSSR count). The van der Waals surface area contributed by atoms with Gasteiger partial charge in [0, 0.05) is 37.6 Å². The third-order valence-electron chi connectivity index (χ3n) is 8.98. The van der Waals surface area contributed by atoms with Gasteiger partial charge in [-0.1, -0.05) is 29.3 Å². The van der Waals surface area contributed by atoms with Gasteiger partial charge in [0.15, 0.2) is 0 Å². The number of hydrogen-bond acceptors (Lipinski definition) is 6. The van der Waals surface area contributed by atoms with Gasteiger partial charge in [-0.25, -0.2) is 0 Å². The van der Waals surface area contributed by atoms with Crippen molar-refractivity contribution in [1.82, 2.24) is 15.1 Å². The lowest BCUT2D eigenvalue weighted by Crippen LogP contribution is -2.54. The number of nitrogens with zero attached hydrogens (tertiary/aromatic N) is 3. The zero-order valence-corrected chi connectivity index (χ0v) is 23.9. The van der Waals surface area contributed by atoms with Gasteiger partial charge in [0.25, 0.3) is 17.7 Å². The van der Waals surface area contributed by atoms with Gasteiger partial charge in [-0.05, 0) is 74.3 Å². The van der Waals surface area contributed by atoms with E-state index in [-0.39, 0.29) is 18.7 Å². The lowest BCUT2D eigenvalue weighted by atomic mass is 9.78. The number of amides is 5. The molecule has 4 heterocycles. The molecule has 0 bridgehead atoms. The second-order valence-corrected chi connectivity index (χ2v) is 12.1. The summed E-state index contributed by atoms with van der Waals surface area (Å²) in [5.74, 6) is -1.05. The van der Waals surface area contributed by atoms with Crippen LogP contribution in [0.4, 0.5) is 5.69 Å². The molecule has 2 aromatic rings. The summed E-state index contributed by atoms with van der Waals surface area (Å²) in [6, 6.07) is 9.23. The molecule has 11 heteroatoms. The van der Waals surface area contributed by atoms with Crippen molar-refractivity contribution >= 4 is 58.4 Å². The van der Waals surface area contributed by atoms with Crippen LogP contribution in [0.15, 0.2) is 36.4 Å². The van der Waals surface area contributed by atoms with Crippen molar-refractivity contribution < 1.29 is 24.0 Å². The van der Waals surface area contributed by atoms with Crippen LogP contribution in [-0.4, -0.2) is 71.6 Å². The molecule has 0 aromatic heterocycles. The highest BCUT2D eigenvalue weighted by molar-refractivity contribution is 6.35. The second-order valence-electron chi connectivity index (χ2n) is 11.2. The Morgan fingerprint density at radius 2 is 1.51 bits per heavy atom. The van der Waals surface area contributed by atoms with Crippen molar-refractivity contribution in [2.45, 2.75) is 44.6 Å². The number of piperidine rings is 3. The van der Waals surface area contributed by atoms with Crippen LogP contribution in [0.1, 0.15) is 69.6 Å². The zero-order valence-electron chi connectivity index (χ0n) is 22.4. The van der Waals surface area contributed by atoms with Crippen molar-refractivity contribution in [3.8, 4) is 0 Å². The van der Waals surface area contributed by atoms with E-state index in [4.69, 9.17) is 23.2 Å². The smallest absolute Gasteiger partial charge is 0.264 e. The number of halogens is 2. The first-order chi connectivity index (χ1) is 19.7. The number of anilines is 1. The number of likely N-dealkylation sites (tertiary alicyclic amines) is 1. The number of carbonyl (C=O) groups excluding carboxylic acids is 5. The normalized spacial score (nSPS) is 22.3. The second kappa shape index (κ2) is 11.1. The Kier molecular flexibility index (Phi) is 7.50. The van der Waals surface area contributed by atoms with E-state index < -0.39 is 29.7 Å². The Balaban J connectivity index is 1.09. The van der Waals surface area contributed by atoms with Crippen LogP contribution in [0, 0.1) is 11.8 Å². The number of nitrogens with one attached hydrogen (secondary N) is 1. The van der Waals surface area contributed by atoms with E-state index >= 15 is 0 Å². The molecule has 1 unspecified atom stereocenters. The molecule has 1 atom stereocenters. The Morgan fingerprint density at radius 3 is 2.20 bits per heavy atom. The molecule has 3 fully saturated rings. The lowest BCUT2D eigenvalue weighted by Gasteiger charge is -2.41. The van der Waals surface area contributed by atoms with Gasteiger partial charge in [0.05, 0.1) is 27.4 Å². The molecule has 5 amide bonds. The Bertz CT molecular complexity index is 1450. The fraction of sp³-hybridized carbons (Fsp3) is 0.433. The van der Waals surface area contributed by atoms with E-state index in [1.165, 1.54) is 0 Å². The maximum Gasteiger partial charge on any atom is 0.264 e. The fourth-order valence-corrected chi connectivity index (χ4v) is 7.15. The number of benzene rings is 2. The Hall–Kier alpha value is -3.43. The standard InChI is InChI=1S/C30H30Cl2N4O5/c31-19-4-5-22(32)21(16-19)28(39)35-14-10-18(11-15-35)17-8-12-34(13-9-17)23-3-1-2-20-26(23)30(41)36(29(20)40)24-6-7-25(37)33-27(24)38/h1-5,16-18,24H,6-15H2,(H,33,37,38). The molecule has 9 nitrogen and oxygen atoms in total. The molecule has 214 valence electrons. The topological polar surface area (TPSA) is 107 Å². The van der Waals surface area contributed by atoms with Gasteiger partial charge in [-0.15, -0.1) is 0 Å². The van der Waals surface area contributed by atoms with Gasteiger partial charge in [0.2, 0.25) is 11.8 Å². The van der Waals surface area contributed by atoms with E-state index in [1.54, 1.807) is 30.3 Å². The van der Waals surface area contributed by atoms with E-state index in [2.05, 4.69) is 10.2 Å². The monoisotopic (exact) mass is 596 g/mol. The minimum atomic E-state index is -0.980. The third kappa shape index (κ3) is 5.10. The summed E-state index contributed by atoms with van der Waals surface area (Å²) in [6.45, 7) is 2.84. The van der Waals surface area contributed by atoms with Crippen LogP contribution >= 0.6 is 23.2 Å². The van der Waals surface area contributed by atoms with Gasteiger partial charge in [-0.2, -0.15) is 0 Å². The number of rotatable bonds is 4. The predicted molar refractivity (Wildman–Crippen MR) is 153 cm³/mol. The van der Waals surface area contributed by atoms with Crippen molar-refractivity contribution in [2.24, 2.45) is 11.8 Å². The highest BCUT2D eigenvalue weighted by atomic mass is 35.5. The SMILES string of the molecule is O=C1CCC(N2C(=O)c3cccc(N4CCC(C5CCN(C(=O)c6cc(Cl)ccc6Cl)CC5)CC4)c3C2=O)C(=O)N1. The summed E-state index contributed by atoms with van der Waals surface area (Å²) < 4.78 is 0. The zero-order chi connectivity index (χ0) is 28.8. The molecule has 4 aliphatic heterocycles. The first-order valence-electron chi connectivity index (χ1n) is 14.1. The summed E-state index contributed by atoms with van der Waals surface area (Å²) in [6.07, 6.45) is 3.95. The summed E-state index contributed by atoms with van der Waals surface area (Å²) in [5.41, 5.74) is 1.79. The minimum absolute atomic E-state index is 0.0886. The number of hydrogen-bond donors (Lipinski definition) is 1. The average molecular weight is 597 g/mol. The van der Waals surface area contributed by atoms with Crippen LogP contribution in [0.25, 0.3) is 0 Å². The van der Waals surface area contributed by atoms with Crippen molar-refractivity contribution in [2.75, 3.05) is 31.1 Å². The van der Waals surface area contributed by atoms with Crippen LogP contribution in [-0.2, 0) is 9.59 Å². The van der Waals surface area contributed by atoms with Crippen LogP contribution in [0.2, 0.25) is 10.0 Å². The molecule has 0 saturated carbocycles. The minimum Gasteiger partial charge on any atom is -0.371 e. The molecule has 2 aromatic carbocycles. The molecular formula is C30H30Cl2N4O5. The van der Waals surface area contributed by atoms with Crippen LogP contribution < -0.4 is 10.2 Å². The van der Waals surface area contributed by atoms with Gasteiger partial charge >= 0.3 is 0 Å². The van der Waals surface area contributed by atoms with Crippen molar-refractivity contribution in [3.05, 3.63) is 63.1 Å². The van der Waals surface area contributed by atoms with E-state index in [1.807, 2.05) is 11.0 Å². The molecule has 0 aliphatic carbocycles.